The second-order valence-electron chi connectivity index (χ2n) is 6.18. The van der Waals surface area contributed by atoms with Crippen LogP contribution in [0.15, 0.2) is 47.4 Å². The zero-order valence-corrected chi connectivity index (χ0v) is 14.3. The van der Waals surface area contributed by atoms with Crippen molar-refractivity contribution in [3.05, 3.63) is 53.6 Å². The molecular formula is C18H19NO4S. The zero-order valence-electron chi connectivity index (χ0n) is 13.4. The molecule has 2 aliphatic heterocycles. The Morgan fingerprint density at radius 1 is 1.08 bits per heavy atom. The molecule has 5 nitrogen and oxygen atoms in total. The van der Waals surface area contributed by atoms with Crippen molar-refractivity contribution < 1.29 is 17.9 Å². The van der Waals surface area contributed by atoms with Gasteiger partial charge >= 0.3 is 0 Å². The SMILES string of the molecule is CC1CN(S(=O)(=O)c2cccc3c2OCC3)Cc2ccccc2O1. The van der Waals surface area contributed by atoms with Crippen LogP contribution in [0.4, 0.5) is 0 Å². The van der Waals surface area contributed by atoms with Crippen LogP contribution >= 0.6 is 0 Å². The van der Waals surface area contributed by atoms with Gasteiger partial charge in [-0.15, -0.1) is 0 Å². The summed E-state index contributed by atoms with van der Waals surface area (Å²) < 4.78 is 39.4. The molecule has 0 bridgehead atoms. The lowest BCUT2D eigenvalue weighted by molar-refractivity contribution is 0.201. The van der Waals surface area contributed by atoms with Gasteiger partial charge < -0.3 is 9.47 Å². The highest BCUT2D eigenvalue weighted by molar-refractivity contribution is 7.89. The third kappa shape index (κ3) is 2.56. The molecule has 2 aromatic rings. The van der Waals surface area contributed by atoms with Gasteiger partial charge in [-0.25, -0.2) is 8.42 Å². The quantitative estimate of drug-likeness (QED) is 0.839. The lowest BCUT2D eigenvalue weighted by Crippen LogP contribution is -2.36. The predicted molar refractivity (Wildman–Crippen MR) is 89.8 cm³/mol. The van der Waals surface area contributed by atoms with Crippen LogP contribution in [0, 0.1) is 0 Å². The first-order chi connectivity index (χ1) is 11.6. The summed E-state index contributed by atoms with van der Waals surface area (Å²) in [6, 6.07) is 12.9. The van der Waals surface area contributed by atoms with Crippen LogP contribution in [0.25, 0.3) is 0 Å². The van der Waals surface area contributed by atoms with E-state index in [1.807, 2.05) is 37.3 Å². The normalized spacial score (nSPS) is 20.5. The largest absolute Gasteiger partial charge is 0.492 e. The molecule has 0 saturated carbocycles. The predicted octanol–water partition coefficient (Wildman–Crippen LogP) is 2.59. The van der Waals surface area contributed by atoms with Crippen molar-refractivity contribution in [2.45, 2.75) is 30.9 Å². The van der Waals surface area contributed by atoms with Gasteiger partial charge in [-0.05, 0) is 24.6 Å². The molecule has 0 aromatic heterocycles. The van der Waals surface area contributed by atoms with Crippen molar-refractivity contribution in [2.24, 2.45) is 0 Å². The minimum absolute atomic E-state index is 0.221. The second kappa shape index (κ2) is 5.79. The zero-order chi connectivity index (χ0) is 16.7. The van der Waals surface area contributed by atoms with E-state index >= 15 is 0 Å². The van der Waals surface area contributed by atoms with Crippen molar-refractivity contribution in [2.75, 3.05) is 13.2 Å². The van der Waals surface area contributed by atoms with Gasteiger partial charge in [0, 0.05) is 18.5 Å². The maximum absolute atomic E-state index is 13.2. The van der Waals surface area contributed by atoms with Gasteiger partial charge in [-0.3, -0.25) is 0 Å². The number of ether oxygens (including phenoxy) is 2. The standard InChI is InChI=1S/C18H19NO4S/c1-13-11-19(12-15-5-2-3-7-16(15)23-13)24(20,21)17-8-4-6-14-9-10-22-18(14)17/h2-8,13H,9-12H2,1H3. The summed E-state index contributed by atoms with van der Waals surface area (Å²) in [4.78, 5) is 0.254. The Morgan fingerprint density at radius 2 is 1.88 bits per heavy atom. The maximum Gasteiger partial charge on any atom is 0.247 e. The van der Waals surface area contributed by atoms with Crippen LogP contribution < -0.4 is 9.47 Å². The van der Waals surface area contributed by atoms with Gasteiger partial charge in [0.15, 0.2) is 0 Å². The summed E-state index contributed by atoms with van der Waals surface area (Å²) in [5.74, 6) is 1.25. The van der Waals surface area contributed by atoms with Gasteiger partial charge in [-0.2, -0.15) is 4.31 Å². The molecular weight excluding hydrogens is 326 g/mol. The van der Waals surface area contributed by atoms with E-state index in [0.717, 1.165) is 23.3 Å². The number of para-hydroxylation sites is 2. The average Bonchev–Trinajstić information content (AvgIpc) is 2.96. The van der Waals surface area contributed by atoms with Crippen molar-refractivity contribution in [3.8, 4) is 11.5 Å². The van der Waals surface area contributed by atoms with E-state index in [2.05, 4.69) is 0 Å². The highest BCUT2D eigenvalue weighted by Crippen LogP contribution is 2.36. The lowest BCUT2D eigenvalue weighted by Gasteiger charge is -2.22. The van der Waals surface area contributed by atoms with Crippen molar-refractivity contribution in [1.82, 2.24) is 4.31 Å². The van der Waals surface area contributed by atoms with Crippen LogP contribution in [0.1, 0.15) is 18.1 Å². The summed E-state index contributed by atoms with van der Waals surface area (Å²) in [5, 5.41) is 0. The lowest BCUT2D eigenvalue weighted by atomic mass is 10.2. The van der Waals surface area contributed by atoms with Gasteiger partial charge in [0.2, 0.25) is 10.0 Å². The first kappa shape index (κ1) is 15.5. The monoisotopic (exact) mass is 345 g/mol. The fraction of sp³-hybridized carbons (Fsp3) is 0.333. The molecule has 2 aliphatic rings. The molecule has 2 aromatic carbocycles. The number of fused-ring (bicyclic) bond motifs is 2. The number of hydrogen-bond acceptors (Lipinski definition) is 4. The van der Waals surface area contributed by atoms with Crippen molar-refractivity contribution in [3.63, 3.8) is 0 Å². The number of nitrogens with zero attached hydrogens (tertiary/aromatic N) is 1. The van der Waals surface area contributed by atoms with E-state index in [4.69, 9.17) is 9.47 Å². The Hall–Kier alpha value is -2.05. The van der Waals surface area contributed by atoms with Gasteiger partial charge in [-0.1, -0.05) is 30.3 Å². The first-order valence-electron chi connectivity index (χ1n) is 8.05. The molecule has 0 N–H and O–H groups in total. The molecule has 0 radical (unpaired) electrons. The third-order valence-corrected chi connectivity index (χ3v) is 6.24. The molecule has 24 heavy (non-hydrogen) atoms. The molecule has 0 amide bonds. The average molecular weight is 345 g/mol. The Balaban J connectivity index is 1.76. The van der Waals surface area contributed by atoms with Crippen molar-refractivity contribution >= 4 is 10.0 Å². The number of hydrogen-bond donors (Lipinski definition) is 0. The molecule has 0 spiro atoms. The van der Waals surface area contributed by atoms with E-state index in [9.17, 15) is 8.42 Å². The maximum atomic E-state index is 13.2. The minimum Gasteiger partial charge on any atom is -0.492 e. The molecule has 1 unspecified atom stereocenters. The Labute approximate surface area is 141 Å². The minimum atomic E-state index is -3.66. The van der Waals surface area contributed by atoms with E-state index in [1.54, 1.807) is 12.1 Å². The second-order valence-corrected chi connectivity index (χ2v) is 8.08. The molecule has 126 valence electrons. The molecule has 0 fully saturated rings. The Morgan fingerprint density at radius 3 is 2.75 bits per heavy atom. The molecule has 1 atom stereocenters. The summed E-state index contributed by atoms with van der Waals surface area (Å²) in [6.07, 6.45) is 0.530. The summed E-state index contributed by atoms with van der Waals surface area (Å²) in [6.45, 7) is 3.02. The summed E-state index contributed by atoms with van der Waals surface area (Å²) in [5.41, 5.74) is 1.83. The molecule has 0 aliphatic carbocycles. The molecule has 0 saturated heterocycles. The van der Waals surface area contributed by atoms with Crippen LogP contribution in [-0.4, -0.2) is 32.0 Å². The first-order valence-corrected chi connectivity index (χ1v) is 9.49. The van der Waals surface area contributed by atoms with Crippen LogP contribution in [0.5, 0.6) is 11.5 Å². The van der Waals surface area contributed by atoms with Crippen LogP contribution in [0.3, 0.4) is 0 Å². The highest BCUT2D eigenvalue weighted by atomic mass is 32.2. The van der Waals surface area contributed by atoms with E-state index in [-0.39, 0.29) is 11.0 Å². The van der Waals surface area contributed by atoms with E-state index in [0.29, 0.717) is 25.4 Å². The smallest absolute Gasteiger partial charge is 0.247 e. The summed E-state index contributed by atoms with van der Waals surface area (Å²) in [7, 11) is -3.66. The fourth-order valence-corrected chi connectivity index (χ4v) is 4.92. The van der Waals surface area contributed by atoms with E-state index < -0.39 is 10.0 Å². The van der Waals surface area contributed by atoms with Gasteiger partial charge in [0.05, 0.1) is 13.2 Å². The summed E-state index contributed by atoms with van der Waals surface area (Å²) >= 11 is 0. The molecule has 2 heterocycles. The third-order valence-electron chi connectivity index (χ3n) is 4.40. The Bertz CT molecular complexity index is 878. The van der Waals surface area contributed by atoms with E-state index in [1.165, 1.54) is 4.31 Å². The van der Waals surface area contributed by atoms with Crippen molar-refractivity contribution in [1.29, 1.82) is 0 Å². The molecule has 6 heteroatoms. The van der Waals surface area contributed by atoms with Gasteiger partial charge in [0.25, 0.3) is 0 Å². The fourth-order valence-electron chi connectivity index (χ4n) is 3.26. The Kier molecular flexibility index (Phi) is 3.73. The number of sulfonamides is 1. The number of benzene rings is 2. The highest BCUT2D eigenvalue weighted by Gasteiger charge is 2.34. The van der Waals surface area contributed by atoms with Crippen LogP contribution in [-0.2, 0) is 23.0 Å². The van der Waals surface area contributed by atoms with Gasteiger partial charge in [0.1, 0.15) is 22.5 Å². The number of rotatable bonds is 2. The topological polar surface area (TPSA) is 55.8 Å². The van der Waals surface area contributed by atoms with Crippen LogP contribution in [0.2, 0.25) is 0 Å². The molecule has 4 rings (SSSR count).